The molecule has 5 nitrogen and oxygen atoms in total. The third kappa shape index (κ3) is 2.70. The van der Waals surface area contributed by atoms with Gasteiger partial charge in [0.15, 0.2) is 0 Å². The highest BCUT2D eigenvalue weighted by Gasteiger charge is 2.17. The summed E-state index contributed by atoms with van der Waals surface area (Å²) in [6, 6.07) is 18.9. The predicted octanol–water partition coefficient (Wildman–Crippen LogP) is 4.14. The molecule has 0 saturated carbocycles. The van der Waals surface area contributed by atoms with E-state index in [0.717, 1.165) is 22.2 Å². The molecule has 1 N–H and O–H groups in total. The number of fused-ring (bicyclic) bond motifs is 1. The number of allylic oxidation sites excluding steroid dienone is 1. The average Bonchev–Trinajstić information content (AvgIpc) is 3.35. The molecule has 4 aromatic rings. The molecule has 0 aliphatic rings. The molecule has 2 aromatic heterocycles. The molecule has 26 heavy (non-hydrogen) atoms. The van der Waals surface area contributed by atoms with Crippen molar-refractivity contribution >= 4 is 22.8 Å². The number of Topliss-reactive ketones (excluding diaryl/α,β-unsaturated/α-hetero) is 1. The van der Waals surface area contributed by atoms with Crippen molar-refractivity contribution in [3.63, 3.8) is 0 Å². The number of hydrogen-bond donors (Lipinski definition) is 1. The molecule has 0 aliphatic heterocycles. The molecule has 5 heteroatoms. The lowest BCUT2D eigenvalue weighted by Crippen LogP contribution is -2.02. The molecule has 0 amide bonds. The number of aromatic amines is 1. The van der Waals surface area contributed by atoms with E-state index in [9.17, 15) is 10.1 Å². The number of ketones is 1. The van der Waals surface area contributed by atoms with Gasteiger partial charge in [-0.1, -0.05) is 36.4 Å². The van der Waals surface area contributed by atoms with E-state index >= 15 is 0 Å². The van der Waals surface area contributed by atoms with Crippen molar-refractivity contribution in [1.82, 2.24) is 14.8 Å². The number of benzene rings is 2. The molecule has 2 aromatic carbocycles. The van der Waals surface area contributed by atoms with Crippen molar-refractivity contribution in [2.45, 2.75) is 0 Å². The van der Waals surface area contributed by atoms with Crippen LogP contribution in [0.1, 0.15) is 15.9 Å². The highest BCUT2D eigenvalue weighted by atomic mass is 16.1. The van der Waals surface area contributed by atoms with Gasteiger partial charge in [-0.25, -0.2) is 4.68 Å². The minimum Gasteiger partial charge on any atom is -0.360 e. The van der Waals surface area contributed by atoms with E-state index < -0.39 is 0 Å². The van der Waals surface area contributed by atoms with Crippen LogP contribution >= 0.6 is 0 Å². The predicted molar refractivity (Wildman–Crippen MR) is 99.8 cm³/mol. The summed E-state index contributed by atoms with van der Waals surface area (Å²) in [6.07, 6.45) is 6.77. The number of nitrogens with one attached hydrogen (secondary N) is 1. The lowest BCUT2D eigenvalue weighted by molar-refractivity contribution is 0.104. The van der Waals surface area contributed by atoms with E-state index in [-0.39, 0.29) is 11.4 Å². The van der Waals surface area contributed by atoms with Crippen molar-refractivity contribution in [2.24, 2.45) is 0 Å². The van der Waals surface area contributed by atoms with E-state index in [2.05, 4.69) is 10.1 Å². The number of hydrogen-bond acceptors (Lipinski definition) is 3. The zero-order valence-corrected chi connectivity index (χ0v) is 13.8. The highest BCUT2D eigenvalue weighted by molar-refractivity contribution is 6.19. The van der Waals surface area contributed by atoms with E-state index in [0.29, 0.717) is 5.56 Å². The summed E-state index contributed by atoms with van der Waals surface area (Å²) in [5.41, 5.74) is 2.99. The molecule has 0 unspecified atom stereocenters. The van der Waals surface area contributed by atoms with Crippen LogP contribution in [-0.4, -0.2) is 20.5 Å². The fourth-order valence-corrected chi connectivity index (χ4v) is 2.94. The van der Waals surface area contributed by atoms with E-state index in [1.807, 2.05) is 66.9 Å². The third-order valence-corrected chi connectivity index (χ3v) is 4.19. The van der Waals surface area contributed by atoms with Gasteiger partial charge in [-0.3, -0.25) is 4.79 Å². The van der Waals surface area contributed by atoms with Crippen molar-refractivity contribution < 1.29 is 4.79 Å². The maximum atomic E-state index is 12.9. The number of aromatic nitrogens is 3. The molecule has 0 aliphatic carbocycles. The molecule has 0 bridgehead atoms. The summed E-state index contributed by atoms with van der Waals surface area (Å²) in [6.45, 7) is 0. The monoisotopic (exact) mass is 338 g/mol. The van der Waals surface area contributed by atoms with Crippen LogP contribution in [0.3, 0.4) is 0 Å². The lowest BCUT2D eigenvalue weighted by atomic mass is 10.0. The zero-order chi connectivity index (χ0) is 17.9. The molecule has 2 heterocycles. The van der Waals surface area contributed by atoms with E-state index in [1.54, 1.807) is 23.2 Å². The van der Waals surface area contributed by atoms with Crippen LogP contribution in [0.2, 0.25) is 0 Å². The van der Waals surface area contributed by atoms with Crippen molar-refractivity contribution in [2.75, 3.05) is 0 Å². The number of para-hydroxylation sites is 2. The van der Waals surface area contributed by atoms with Gasteiger partial charge < -0.3 is 4.98 Å². The van der Waals surface area contributed by atoms with Gasteiger partial charge in [-0.2, -0.15) is 10.4 Å². The van der Waals surface area contributed by atoms with Crippen molar-refractivity contribution in [3.8, 4) is 11.8 Å². The molecule has 4 rings (SSSR count). The number of H-pyrrole nitrogens is 1. The number of carbonyl (C=O) groups is 1. The number of carbonyl (C=O) groups excluding carboxylic acids is 1. The fourth-order valence-electron chi connectivity index (χ4n) is 2.94. The van der Waals surface area contributed by atoms with Gasteiger partial charge in [0.1, 0.15) is 11.6 Å². The van der Waals surface area contributed by atoms with Crippen LogP contribution in [0.5, 0.6) is 0 Å². The van der Waals surface area contributed by atoms with Crippen LogP contribution in [0.4, 0.5) is 0 Å². The standard InChI is InChI=1S/C21H14N4O/c22-13-16(21(26)18-14-23-19-8-3-2-7-17(18)19)12-15-6-1-4-9-20(15)25-11-5-10-24-25/h1-12,14,23H/b16-12+. The van der Waals surface area contributed by atoms with Gasteiger partial charge in [-0.05, 0) is 24.3 Å². The third-order valence-electron chi connectivity index (χ3n) is 4.19. The maximum Gasteiger partial charge on any atom is 0.205 e. The molecular weight excluding hydrogens is 324 g/mol. The topological polar surface area (TPSA) is 74.5 Å². The first-order valence-corrected chi connectivity index (χ1v) is 8.09. The summed E-state index contributed by atoms with van der Waals surface area (Å²) < 4.78 is 1.71. The van der Waals surface area contributed by atoms with Gasteiger partial charge in [0.05, 0.1) is 5.69 Å². The van der Waals surface area contributed by atoms with Crippen LogP contribution in [0, 0.1) is 11.3 Å². The Balaban J connectivity index is 1.79. The van der Waals surface area contributed by atoms with E-state index in [1.165, 1.54) is 0 Å². The summed E-state index contributed by atoms with van der Waals surface area (Å²) in [5.74, 6) is -0.305. The van der Waals surface area contributed by atoms with Crippen LogP contribution in [0.25, 0.3) is 22.7 Å². The van der Waals surface area contributed by atoms with Crippen LogP contribution in [-0.2, 0) is 0 Å². The number of nitrogens with zero attached hydrogens (tertiary/aromatic N) is 3. The smallest absolute Gasteiger partial charge is 0.205 e. The van der Waals surface area contributed by atoms with Crippen molar-refractivity contribution in [3.05, 3.63) is 89.9 Å². The van der Waals surface area contributed by atoms with Gasteiger partial charge in [0.2, 0.25) is 5.78 Å². The first kappa shape index (κ1) is 15.6. The van der Waals surface area contributed by atoms with E-state index in [4.69, 9.17) is 0 Å². The maximum absolute atomic E-state index is 12.9. The largest absolute Gasteiger partial charge is 0.360 e. The Bertz CT molecular complexity index is 1160. The zero-order valence-electron chi connectivity index (χ0n) is 13.8. The second-order valence-electron chi connectivity index (χ2n) is 5.76. The summed E-state index contributed by atoms with van der Waals surface area (Å²) >= 11 is 0. The summed E-state index contributed by atoms with van der Waals surface area (Å²) in [4.78, 5) is 16.0. The van der Waals surface area contributed by atoms with Crippen LogP contribution < -0.4 is 0 Å². The molecule has 0 atom stereocenters. The minimum atomic E-state index is -0.305. The SMILES string of the molecule is N#C/C(=C\c1ccccc1-n1cccn1)C(=O)c1c[nH]c2ccccc12. The second-order valence-corrected chi connectivity index (χ2v) is 5.76. The first-order valence-electron chi connectivity index (χ1n) is 8.09. The van der Waals surface area contributed by atoms with Gasteiger partial charge in [0.25, 0.3) is 0 Å². The molecule has 0 fully saturated rings. The molecule has 0 saturated heterocycles. The van der Waals surface area contributed by atoms with Gasteiger partial charge in [-0.15, -0.1) is 0 Å². The molecular formula is C21H14N4O. The van der Waals surface area contributed by atoms with Crippen molar-refractivity contribution in [1.29, 1.82) is 5.26 Å². The minimum absolute atomic E-state index is 0.0781. The average molecular weight is 338 g/mol. The first-order chi connectivity index (χ1) is 12.8. The van der Waals surface area contributed by atoms with Crippen LogP contribution in [0.15, 0.2) is 78.8 Å². The Hall–Kier alpha value is -3.91. The lowest BCUT2D eigenvalue weighted by Gasteiger charge is -2.06. The highest BCUT2D eigenvalue weighted by Crippen LogP contribution is 2.23. The number of rotatable bonds is 4. The summed E-state index contributed by atoms with van der Waals surface area (Å²) in [5, 5.41) is 14.6. The molecule has 124 valence electrons. The fraction of sp³-hybridized carbons (Fsp3) is 0. The summed E-state index contributed by atoms with van der Waals surface area (Å²) in [7, 11) is 0. The molecule has 0 radical (unpaired) electrons. The normalized spacial score (nSPS) is 11.4. The quantitative estimate of drug-likeness (QED) is 0.345. The van der Waals surface area contributed by atoms with Gasteiger partial charge in [0, 0.05) is 40.6 Å². The Morgan fingerprint density at radius 2 is 1.92 bits per heavy atom. The Morgan fingerprint density at radius 3 is 2.73 bits per heavy atom. The second kappa shape index (κ2) is 6.54. The van der Waals surface area contributed by atoms with Gasteiger partial charge >= 0.3 is 0 Å². The molecule has 0 spiro atoms. The Morgan fingerprint density at radius 1 is 1.12 bits per heavy atom. The Labute approximate surface area is 149 Å². The Kier molecular flexibility index (Phi) is 3.92. The number of nitriles is 1.